The average Bonchev–Trinajstić information content (AvgIpc) is 3.07. The summed E-state index contributed by atoms with van der Waals surface area (Å²) in [5, 5.41) is 0. The van der Waals surface area contributed by atoms with Crippen molar-refractivity contribution in [3.63, 3.8) is 0 Å². The summed E-state index contributed by atoms with van der Waals surface area (Å²) in [6, 6.07) is 5.03. The molecule has 1 fully saturated rings. The summed E-state index contributed by atoms with van der Waals surface area (Å²) in [4.78, 5) is 30.0. The first-order valence-electron chi connectivity index (χ1n) is 6.88. The maximum atomic E-state index is 12.6. The number of thioether (sulfide) groups is 1. The predicted molar refractivity (Wildman–Crippen MR) is 94.7 cm³/mol. The van der Waals surface area contributed by atoms with Gasteiger partial charge in [0.1, 0.15) is 17.1 Å². The van der Waals surface area contributed by atoms with E-state index in [4.69, 9.17) is 16.6 Å². The summed E-state index contributed by atoms with van der Waals surface area (Å²) >= 11 is 6.44. The average molecular weight is 360 g/mol. The highest BCUT2D eigenvalue weighted by Crippen LogP contribution is 2.36. The number of rotatable bonds is 3. The maximum Gasteiger partial charge on any atom is 0.341 e. The van der Waals surface area contributed by atoms with Crippen LogP contribution in [0.15, 0.2) is 39.9 Å². The first-order chi connectivity index (χ1) is 11.5. The van der Waals surface area contributed by atoms with E-state index < -0.39 is 5.97 Å². The summed E-state index contributed by atoms with van der Waals surface area (Å²) < 4.78 is 10.6. The fourth-order valence-corrected chi connectivity index (χ4v) is 3.47. The first-order valence-corrected chi connectivity index (χ1v) is 8.10. The summed E-state index contributed by atoms with van der Waals surface area (Å²) in [6.07, 6.45) is 4.76. The lowest BCUT2D eigenvalue weighted by Crippen LogP contribution is -2.27. The Balaban J connectivity index is 1.91. The maximum absolute atomic E-state index is 12.6. The van der Waals surface area contributed by atoms with Gasteiger partial charge < -0.3 is 9.15 Å². The van der Waals surface area contributed by atoms with E-state index in [1.807, 2.05) is 0 Å². The van der Waals surface area contributed by atoms with Crippen molar-refractivity contribution in [2.24, 2.45) is 0 Å². The van der Waals surface area contributed by atoms with E-state index in [0.717, 1.165) is 0 Å². The van der Waals surface area contributed by atoms with Crippen LogP contribution >= 0.6 is 24.0 Å². The highest BCUT2D eigenvalue weighted by molar-refractivity contribution is 8.27. The van der Waals surface area contributed by atoms with Crippen LogP contribution in [0, 0.1) is 6.92 Å². The Hall–Kier alpha value is -2.45. The van der Waals surface area contributed by atoms with Gasteiger partial charge in [-0.05, 0) is 25.1 Å². The van der Waals surface area contributed by atoms with E-state index >= 15 is 0 Å². The van der Waals surface area contributed by atoms with E-state index in [2.05, 4.69) is 9.72 Å². The van der Waals surface area contributed by atoms with Gasteiger partial charge in [-0.2, -0.15) is 0 Å². The molecule has 1 aliphatic heterocycles. The lowest BCUT2D eigenvalue weighted by Gasteiger charge is -2.13. The minimum absolute atomic E-state index is 0.258. The zero-order chi connectivity index (χ0) is 17.3. The second kappa shape index (κ2) is 6.58. The van der Waals surface area contributed by atoms with Gasteiger partial charge in [0.25, 0.3) is 5.91 Å². The molecule has 8 heteroatoms. The third kappa shape index (κ3) is 2.98. The largest absolute Gasteiger partial charge is 0.465 e. The zero-order valence-electron chi connectivity index (χ0n) is 12.8. The number of nitrogens with zero attached hydrogens (tertiary/aromatic N) is 2. The van der Waals surface area contributed by atoms with Crippen molar-refractivity contribution in [1.29, 1.82) is 0 Å². The van der Waals surface area contributed by atoms with Gasteiger partial charge in [0, 0.05) is 12.3 Å². The van der Waals surface area contributed by atoms with E-state index in [1.54, 1.807) is 37.5 Å². The van der Waals surface area contributed by atoms with Crippen LogP contribution in [-0.4, -0.2) is 28.3 Å². The number of anilines is 1. The molecule has 3 rings (SSSR count). The number of thiocarbonyl (C=S) groups is 1. The van der Waals surface area contributed by atoms with Gasteiger partial charge >= 0.3 is 5.97 Å². The molecule has 0 radical (unpaired) electrons. The summed E-state index contributed by atoms with van der Waals surface area (Å²) in [5.41, 5.74) is 0.931. The third-order valence-corrected chi connectivity index (χ3v) is 4.62. The first kappa shape index (κ1) is 16.4. The van der Waals surface area contributed by atoms with Crippen molar-refractivity contribution in [3.05, 3.63) is 52.6 Å². The second-order valence-electron chi connectivity index (χ2n) is 4.84. The molecule has 1 saturated heterocycles. The molecular weight excluding hydrogens is 348 g/mol. The number of amides is 1. The van der Waals surface area contributed by atoms with Gasteiger partial charge in [-0.15, -0.1) is 0 Å². The Bertz CT molecular complexity index is 858. The number of carbonyl (C=O) groups is 2. The SMILES string of the molecule is COC(=O)c1cc(/C=C2/SC(=S)N(c3cccnc3)C2=O)oc1C. The van der Waals surface area contributed by atoms with Crippen LogP contribution in [0.5, 0.6) is 0 Å². The quantitative estimate of drug-likeness (QED) is 0.473. The molecule has 0 N–H and O–H groups in total. The number of methoxy groups -OCH3 is 1. The van der Waals surface area contributed by atoms with Crippen LogP contribution < -0.4 is 4.90 Å². The van der Waals surface area contributed by atoms with Crippen molar-refractivity contribution in [1.82, 2.24) is 4.98 Å². The van der Waals surface area contributed by atoms with Gasteiger partial charge in [0.2, 0.25) is 0 Å². The number of hydrogen-bond acceptors (Lipinski definition) is 7. The minimum Gasteiger partial charge on any atom is -0.465 e. The number of furan rings is 1. The van der Waals surface area contributed by atoms with Crippen LogP contribution in [0.1, 0.15) is 21.9 Å². The van der Waals surface area contributed by atoms with Gasteiger partial charge in [-0.3, -0.25) is 14.7 Å². The van der Waals surface area contributed by atoms with Crippen molar-refractivity contribution >= 4 is 51.9 Å². The third-order valence-electron chi connectivity index (χ3n) is 3.31. The Morgan fingerprint density at radius 3 is 2.96 bits per heavy atom. The van der Waals surface area contributed by atoms with E-state index in [-0.39, 0.29) is 5.91 Å². The topological polar surface area (TPSA) is 72.6 Å². The lowest BCUT2D eigenvalue weighted by atomic mass is 10.2. The molecule has 0 atom stereocenters. The smallest absolute Gasteiger partial charge is 0.341 e. The van der Waals surface area contributed by atoms with Crippen LogP contribution in [0.3, 0.4) is 0 Å². The Morgan fingerprint density at radius 1 is 1.50 bits per heavy atom. The van der Waals surface area contributed by atoms with Crippen molar-refractivity contribution in [2.75, 3.05) is 12.0 Å². The number of pyridine rings is 1. The van der Waals surface area contributed by atoms with Crippen LogP contribution in [-0.2, 0) is 9.53 Å². The van der Waals surface area contributed by atoms with Crippen LogP contribution in [0.2, 0.25) is 0 Å². The minimum atomic E-state index is -0.487. The number of ether oxygens (including phenoxy) is 1. The molecule has 6 nitrogen and oxygen atoms in total. The molecule has 0 unspecified atom stereocenters. The molecular formula is C16H12N2O4S2. The van der Waals surface area contributed by atoms with Gasteiger partial charge in [0.05, 0.1) is 23.9 Å². The molecule has 0 saturated carbocycles. The molecule has 0 aromatic carbocycles. The normalized spacial score (nSPS) is 16.1. The Morgan fingerprint density at radius 2 is 2.29 bits per heavy atom. The predicted octanol–water partition coefficient (Wildman–Crippen LogP) is 3.18. The van der Waals surface area contributed by atoms with Crippen molar-refractivity contribution in [3.8, 4) is 0 Å². The Labute approximate surface area is 147 Å². The highest BCUT2D eigenvalue weighted by atomic mass is 32.2. The molecule has 0 aliphatic carbocycles. The molecule has 122 valence electrons. The fourth-order valence-electron chi connectivity index (χ4n) is 2.19. The lowest BCUT2D eigenvalue weighted by molar-refractivity contribution is -0.113. The van der Waals surface area contributed by atoms with Crippen LogP contribution in [0.4, 0.5) is 5.69 Å². The molecule has 24 heavy (non-hydrogen) atoms. The van der Waals surface area contributed by atoms with Gasteiger partial charge in [-0.1, -0.05) is 24.0 Å². The summed E-state index contributed by atoms with van der Waals surface area (Å²) in [7, 11) is 1.30. The molecule has 2 aromatic rings. The molecule has 1 amide bonds. The van der Waals surface area contributed by atoms with Crippen LogP contribution in [0.25, 0.3) is 6.08 Å². The molecule has 2 aromatic heterocycles. The second-order valence-corrected chi connectivity index (χ2v) is 6.51. The number of esters is 1. The highest BCUT2D eigenvalue weighted by Gasteiger charge is 2.33. The molecule has 0 spiro atoms. The summed E-state index contributed by atoms with van der Waals surface area (Å²) in [6.45, 7) is 1.66. The standard InChI is InChI=1S/C16H12N2O4S2/c1-9-12(15(20)21-2)6-11(22-9)7-13-14(19)18(16(23)24-13)10-4-3-5-17-8-10/h3-8H,1-2H3/b13-7+. The van der Waals surface area contributed by atoms with E-state index in [1.165, 1.54) is 29.8 Å². The van der Waals surface area contributed by atoms with E-state index in [0.29, 0.717) is 32.0 Å². The number of hydrogen-bond donors (Lipinski definition) is 0. The van der Waals surface area contributed by atoms with Gasteiger partial charge in [0.15, 0.2) is 4.32 Å². The number of aryl methyl sites for hydroxylation is 1. The fraction of sp³-hybridized carbons (Fsp3) is 0.125. The monoisotopic (exact) mass is 360 g/mol. The van der Waals surface area contributed by atoms with E-state index in [9.17, 15) is 9.59 Å². The van der Waals surface area contributed by atoms with Crippen molar-refractivity contribution in [2.45, 2.75) is 6.92 Å². The molecule has 1 aliphatic rings. The molecule has 3 heterocycles. The number of aromatic nitrogens is 1. The zero-order valence-corrected chi connectivity index (χ0v) is 14.4. The number of carbonyl (C=O) groups excluding carboxylic acids is 2. The Kier molecular flexibility index (Phi) is 4.50. The van der Waals surface area contributed by atoms with Crippen molar-refractivity contribution < 1.29 is 18.7 Å². The van der Waals surface area contributed by atoms with Gasteiger partial charge in [-0.25, -0.2) is 4.79 Å². The summed E-state index contributed by atoms with van der Waals surface area (Å²) in [5.74, 6) is 0.0703. The molecule has 0 bridgehead atoms.